The molecule has 144 valence electrons. The number of aromatic nitrogens is 2. The third-order valence-electron chi connectivity index (χ3n) is 4.38. The Morgan fingerprint density at radius 1 is 0.929 bits per heavy atom. The van der Waals surface area contributed by atoms with Gasteiger partial charge in [0.15, 0.2) is 0 Å². The van der Waals surface area contributed by atoms with Gasteiger partial charge < -0.3 is 4.72 Å². The smallest absolute Gasteiger partial charge is 0.309 e. The fourth-order valence-electron chi connectivity index (χ4n) is 2.96. The van der Waals surface area contributed by atoms with Crippen LogP contribution in [0.1, 0.15) is 29.9 Å². The number of nitrogens with one attached hydrogen (secondary N) is 1. The molecule has 2 aromatic heterocycles. The van der Waals surface area contributed by atoms with Crippen LogP contribution in [0, 0.1) is 5.95 Å². The average Bonchev–Trinajstić information content (AvgIpc) is 3.51. The Bertz CT molecular complexity index is 1000. The van der Waals surface area contributed by atoms with E-state index < -0.39 is 17.7 Å². The molecule has 1 aromatic carbocycles. The van der Waals surface area contributed by atoms with Gasteiger partial charge in [-0.1, -0.05) is 30.3 Å². The lowest BCUT2D eigenvalue weighted by Gasteiger charge is -2.16. The maximum absolute atomic E-state index is 13.6. The van der Waals surface area contributed by atoms with Gasteiger partial charge >= 0.3 is 6.18 Å². The highest BCUT2D eigenvalue weighted by Gasteiger charge is 2.36. The zero-order valence-electron chi connectivity index (χ0n) is 14.5. The maximum Gasteiger partial charge on any atom is 0.418 e. The second-order valence-electron chi connectivity index (χ2n) is 6.45. The third-order valence-corrected chi connectivity index (χ3v) is 5.13. The van der Waals surface area contributed by atoms with Crippen LogP contribution in [0.25, 0.3) is 11.3 Å². The normalized spacial score (nSPS) is 14.1. The summed E-state index contributed by atoms with van der Waals surface area (Å²) in [5.74, 6) is -0.113. The largest absolute Gasteiger partial charge is 0.418 e. The van der Waals surface area contributed by atoms with E-state index in [0.717, 1.165) is 36.4 Å². The van der Waals surface area contributed by atoms with Gasteiger partial charge in [0, 0.05) is 17.5 Å². The van der Waals surface area contributed by atoms with Crippen LogP contribution in [0.3, 0.4) is 0 Å². The van der Waals surface area contributed by atoms with Crippen molar-refractivity contribution >= 4 is 17.8 Å². The molecule has 1 N–H and O–H groups in total. The minimum absolute atomic E-state index is 0.104. The predicted molar refractivity (Wildman–Crippen MR) is 100 cm³/mol. The van der Waals surface area contributed by atoms with Crippen molar-refractivity contribution in [2.75, 3.05) is 4.72 Å². The van der Waals surface area contributed by atoms with E-state index in [9.17, 15) is 17.6 Å². The molecule has 0 spiro atoms. The summed E-state index contributed by atoms with van der Waals surface area (Å²) in [4.78, 5) is 7.94. The molecule has 3 nitrogen and oxygen atoms in total. The Morgan fingerprint density at radius 2 is 1.71 bits per heavy atom. The van der Waals surface area contributed by atoms with Gasteiger partial charge in [0.1, 0.15) is 10.8 Å². The number of hydrogen-bond acceptors (Lipinski definition) is 4. The van der Waals surface area contributed by atoms with Gasteiger partial charge in [0.25, 0.3) is 0 Å². The highest BCUT2D eigenvalue weighted by Crippen LogP contribution is 2.46. The van der Waals surface area contributed by atoms with Crippen LogP contribution in [0.2, 0.25) is 0 Å². The van der Waals surface area contributed by atoms with Crippen LogP contribution in [-0.2, 0) is 6.18 Å². The van der Waals surface area contributed by atoms with Crippen molar-refractivity contribution in [3.63, 3.8) is 0 Å². The van der Waals surface area contributed by atoms with Gasteiger partial charge in [-0.2, -0.15) is 17.6 Å². The molecular weight excluding hydrogens is 390 g/mol. The first-order valence-corrected chi connectivity index (χ1v) is 9.46. The van der Waals surface area contributed by atoms with Crippen LogP contribution in [0.4, 0.5) is 23.4 Å². The Kier molecular flexibility index (Phi) is 4.97. The Morgan fingerprint density at radius 3 is 2.43 bits per heavy atom. The van der Waals surface area contributed by atoms with Gasteiger partial charge in [-0.3, -0.25) is 0 Å². The van der Waals surface area contributed by atoms with Crippen LogP contribution >= 0.6 is 11.9 Å². The lowest BCUT2D eigenvalue weighted by Crippen LogP contribution is -2.10. The summed E-state index contributed by atoms with van der Waals surface area (Å²) in [5.41, 5.74) is 0.500. The molecule has 0 amide bonds. The number of rotatable bonds is 5. The molecule has 4 rings (SSSR count). The summed E-state index contributed by atoms with van der Waals surface area (Å²) in [6.45, 7) is 0. The quantitative estimate of drug-likeness (QED) is 0.307. The number of pyridine rings is 2. The van der Waals surface area contributed by atoms with E-state index in [1.807, 2.05) is 12.1 Å². The molecule has 1 saturated carbocycles. The molecule has 0 aliphatic heterocycles. The van der Waals surface area contributed by atoms with E-state index in [0.29, 0.717) is 10.6 Å². The number of hydrogen-bond donors (Lipinski definition) is 1. The molecule has 1 aliphatic carbocycles. The molecule has 1 aliphatic rings. The summed E-state index contributed by atoms with van der Waals surface area (Å²) < 4.78 is 56.8. The van der Waals surface area contributed by atoms with E-state index in [-0.39, 0.29) is 17.4 Å². The molecule has 1 fully saturated rings. The Labute approximate surface area is 163 Å². The molecule has 0 bridgehead atoms. The minimum atomic E-state index is -4.52. The lowest BCUT2D eigenvalue weighted by atomic mass is 9.97. The SMILES string of the molecule is Fc1cccc(SNc2ccc(C(F)(F)F)c(-c3ccccc3C3CC3)n2)n1. The standard InChI is InChI=1S/C20H15F4N3S/c21-16-6-3-7-18(25-16)28-27-17-11-10-15(20(22,23)24)19(26-17)14-5-2-1-4-13(14)12-8-9-12/h1-7,10-12H,8-9H2,(H,26,27). The van der Waals surface area contributed by atoms with Crippen molar-refractivity contribution in [1.29, 1.82) is 0 Å². The zero-order valence-corrected chi connectivity index (χ0v) is 15.3. The second kappa shape index (κ2) is 7.43. The van der Waals surface area contributed by atoms with Gasteiger partial charge in [-0.05, 0) is 48.6 Å². The number of alkyl halides is 3. The van der Waals surface area contributed by atoms with E-state index in [1.54, 1.807) is 18.2 Å². The molecule has 2 heterocycles. The lowest BCUT2D eigenvalue weighted by molar-refractivity contribution is -0.137. The average molecular weight is 405 g/mol. The van der Waals surface area contributed by atoms with Gasteiger partial charge in [0.2, 0.25) is 5.95 Å². The third kappa shape index (κ3) is 4.11. The molecule has 28 heavy (non-hydrogen) atoms. The van der Waals surface area contributed by atoms with Gasteiger partial charge in [0.05, 0.1) is 11.3 Å². The highest BCUT2D eigenvalue weighted by atomic mass is 32.2. The maximum atomic E-state index is 13.6. The molecule has 8 heteroatoms. The van der Waals surface area contributed by atoms with E-state index in [1.165, 1.54) is 18.2 Å². The highest BCUT2D eigenvalue weighted by molar-refractivity contribution is 8.00. The topological polar surface area (TPSA) is 37.8 Å². The monoisotopic (exact) mass is 405 g/mol. The number of nitrogens with zero attached hydrogens (tertiary/aromatic N) is 2. The van der Waals surface area contributed by atoms with Crippen LogP contribution < -0.4 is 4.72 Å². The van der Waals surface area contributed by atoms with E-state index in [4.69, 9.17) is 0 Å². The summed E-state index contributed by atoms with van der Waals surface area (Å²) >= 11 is 0.983. The first kappa shape index (κ1) is 18.7. The van der Waals surface area contributed by atoms with Crippen molar-refractivity contribution in [2.24, 2.45) is 0 Å². The van der Waals surface area contributed by atoms with Crippen LogP contribution in [0.15, 0.2) is 59.6 Å². The Balaban J connectivity index is 1.70. The first-order valence-electron chi connectivity index (χ1n) is 8.65. The summed E-state index contributed by atoms with van der Waals surface area (Å²) in [7, 11) is 0. The van der Waals surface area contributed by atoms with Crippen LogP contribution in [0.5, 0.6) is 0 Å². The number of anilines is 1. The minimum Gasteiger partial charge on any atom is -0.309 e. The summed E-state index contributed by atoms with van der Waals surface area (Å²) in [6.07, 6.45) is -2.58. The van der Waals surface area contributed by atoms with E-state index >= 15 is 0 Å². The van der Waals surface area contributed by atoms with E-state index in [2.05, 4.69) is 14.7 Å². The van der Waals surface area contributed by atoms with Gasteiger partial charge in [-0.25, -0.2) is 9.97 Å². The fraction of sp³-hybridized carbons (Fsp3) is 0.200. The van der Waals surface area contributed by atoms with Crippen molar-refractivity contribution in [3.05, 3.63) is 71.7 Å². The number of benzene rings is 1. The molecule has 0 saturated heterocycles. The van der Waals surface area contributed by atoms with Crippen molar-refractivity contribution in [2.45, 2.75) is 30.0 Å². The molecular formula is C20H15F4N3S. The molecule has 0 radical (unpaired) electrons. The fourth-order valence-corrected chi connectivity index (χ4v) is 3.57. The molecule has 0 unspecified atom stereocenters. The zero-order chi connectivity index (χ0) is 19.7. The molecule has 3 aromatic rings. The molecule has 0 atom stereocenters. The van der Waals surface area contributed by atoms with Crippen LogP contribution in [-0.4, -0.2) is 9.97 Å². The first-order chi connectivity index (χ1) is 13.4. The van der Waals surface area contributed by atoms with Crippen molar-refractivity contribution < 1.29 is 17.6 Å². The van der Waals surface area contributed by atoms with Gasteiger partial charge in [-0.15, -0.1) is 0 Å². The summed E-state index contributed by atoms with van der Waals surface area (Å²) in [6, 6.07) is 13.7. The summed E-state index contributed by atoms with van der Waals surface area (Å²) in [5, 5.41) is 0.349. The second-order valence-corrected chi connectivity index (χ2v) is 7.28. The number of halogens is 4. The predicted octanol–water partition coefficient (Wildman–Crippen LogP) is 6.30. The Hall–Kier alpha value is -2.61. The van der Waals surface area contributed by atoms with Crippen molar-refractivity contribution in [1.82, 2.24) is 9.97 Å². The van der Waals surface area contributed by atoms with Crippen molar-refractivity contribution in [3.8, 4) is 11.3 Å².